The van der Waals surface area contributed by atoms with Crippen LogP contribution in [0.1, 0.15) is 50.2 Å². The number of nitrogens with one attached hydrogen (secondary N) is 2. The van der Waals surface area contributed by atoms with E-state index in [2.05, 4.69) is 70.1 Å². The predicted octanol–water partition coefficient (Wildman–Crippen LogP) is 4.50. The molecule has 3 atom stereocenters. The summed E-state index contributed by atoms with van der Waals surface area (Å²) in [4.78, 5) is 26.9. The third-order valence-corrected chi connectivity index (χ3v) is 8.15. The zero-order chi connectivity index (χ0) is 24.7. The van der Waals surface area contributed by atoms with Crippen LogP contribution in [0.2, 0.25) is 0 Å². The average Bonchev–Trinajstić information content (AvgIpc) is 3.34. The summed E-state index contributed by atoms with van der Waals surface area (Å²) >= 11 is 0. The molecule has 6 heteroatoms. The number of alkyl carbamates (subject to hydrolysis) is 1. The van der Waals surface area contributed by atoms with Crippen LogP contribution in [0.15, 0.2) is 60.7 Å². The van der Waals surface area contributed by atoms with E-state index in [4.69, 9.17) is 4.74 Å². The number of carbonyl (C=O) groups is 2. The minimum Gasteiger partial charge on any atom is -0.453 e. The van der Waals surface area contributed by atoms with Gasteiger partial charge < -0.3 is 15.4 Å². The largest absolute Gasteiger partial charge is 0.453 e. The van der Waals surface area contributed by atoms with E-state index < -0.39 is 6.09 Å². The fourth-order valence-corrected chi connectivity index (χ4v) is 6.63. The van der Waals surface area contributed by atoms with Gasteiger partial charge in [-0.15, -0.1) is 0 Å². The average molecular weight is 478 g/mol. The molecular formula is C29H39N3O3. The summed E-state index contributed by atoms with van der Waals surface area (Å²) in [6.07, 6.45) is 4.79. The quantitative estimate of drug-likeness (QED) is 0.587. The van der Waals surface area contributed by atoms with E-state index in [1.165, 1.54) is 18.2 Å². The monoisotopic (exact) mass is 477 g/mol. The number of amides is 2. The van der Waals surface area contributed by atoms with Crippen LogP contribution in [0.3, 0.4) is 0 Å². The molecule has 2 amide bonds. The summed E-state index contributed by atoms with van der Waals surface area (Å²) in [7, 11) is 1.41. The second-order valence-electron chi connectivity index (χ2n) is 10.1. The van der Waals surface area contributed by atoms with Crippen molar-refractivity contribution in [1.29, 1.82) is 0 Å². The SMILES string of the molecule is COC(=O)NCC(c1ccccc1)(C1CCN(Cc2ccccc2)CC1)[C@H]1CCC[C@@H]1NC(C)=O. The molecule has 1 aliphatic heterocycles. The Kier molecular flexibility index (Phi) is 8.45. The van der Waals surface area contributed by atoms with Crippen molar-refractivity contribution in [1.82, 2.24) is 15.5 Å². The van der Waals surface area contributed by atoms with Crippen molar-refractivity contribution in [2.75, 3.05) is 26.7 Å². The van der Waals surface area contributed by atoms with Crippen molar-refractivity contribution in [3.8, 4) is 0 Å². The highest BCUT2D eigenvalue weighted by atomic mass is 16.5. The van der Waals surface area contributed by atoms with Crippen molar-refractivity contribution in [2.45, 2.75) is 57.0 Å². The van der Waals surface area contributed by atoms with Gasteiger partial charge in [0.2, 0.25) is 5.91 Å². The molecule has 6 nitrogen and oxygen atoms in total. The van der Waals surface area contributed by atoms with Gasteiger partial charge in [0.1, 0.15) is 0 Å². The molecule has 0 spiro atoms. The number of methoxy groups -OCH3 is 1. The molecule has 4 rings (SSSR count). The van der Waals surface area contributed by atoms with Crippen molar-refractivity contribution < 1.29 is 14.3 Å². The number of nitrogens with zero attached hydrogens (tertiary/aromatic N) is 1. The molecule has 1 saturated carbocycles. The Balaban J connectivity index is 1.64. The zero-order valence-corrected chi connectivity index (χ0v) is 21.0. The fraction of sp³-hybridized carbons (Fsp3) is 0.517. The first-order chi connectivity index (χ1) is 17.0. The molecule has 0 aromatic heterocycles. The van der Waals surface area contributed by atoms with Gasteiger partial charge in [0, 0.05) is 31.5 Å². The topological polar surface area (TPSA) is 70.7 Å². The van der Waals surface area contributed by atoms with Gasteiger partial charge in [0.25, 0.3) is 0 Å². The van der Waals surface area contributed by atoms with E-state index in [1.54, 1.807) is 6.92 Å². The van der Waals surface area contributed by atoms with Gasteiger partial charge in [-0.1, -0.05) is 67.1 Å². The molecule has 2 aliphatic rings. The number of hydrogen-bond acceptors (Lipinski definition) is 4. The first kappa shape index (κ1) is 25.2. The minimum atomic E-state index is -0.402. The molecule has 0 bridgehead atoms. The zero-order valence-electron chi connectivity index (χ0n) is 21.0. The van der Waals surface area contributed by atoms with E-state index in [9.17, 15) is 9.59 Å². The molecule has 0 radical (unpaired) electrons. The van der Waals surface area contributed by atoms with Crippen LogP contribution in [0, 0.1) is 11.8 Å². The third kappa shape index (κ3) is 5.87. The van der Waals surface area contributed by atoms with Gasteiger partial charge in [-0.3, -0.25) is 9.69 Å². The maximum atomic E-state index is 12.3. The lowest BCUT2D eigenvalue weighted by molar-refractivity contribution is -0.120. The number of rotatable bonds is 8. The molecule has 1 saturated heterocycles. The van der Waals surface area contributed by atoms with Crippen molar-refractivity contribution in [3.63, 3.8) is 0 Å². The molecular weight excluding hydrogens is 438 g/mol. The number of ether oxygens (including phenoxy) is 1. The Morgan fingerprint density at radius 3 is 2.26 bits per heavy atom. The summed E-state index contributed by atoms with van der Waals surface area (Å²) in [5, 5.41) is 6.34. The summed E-state index contributed by atoms with van der Waals surface area (Å²) in [6.45, 7) is 5.11. The molecule has 2 N–H and O–H groups in total. The Hall–Kier alpha value is -2.86. The first-order valence-corrected chi connectivity index (χ1v) is 12.9. The number of carbonyl (C=O) groups excluding carboxylic acids is 2. The molecule has 35 heavy (non-hydrogen) atoms. The van der Waals surface area contributed by atoms with Crippen LogP contribution < -0.4 is 10.6 Å². The van der Waals surface area contributed by atoms with Gasteiger partial charge in [-0.2, -0.15) is 0 Å². The number of hydrogen-bond donors (Lipinski definition) is 2. The van der Waals surface area contributed by atoms with Gasteiger partial charge in [-0.25, -0.2) is 4.79 Å². The molecule has 2 fully saturated rings. The molecule has 1 heterocycles. The lowest BCUT2D eigenvalue weighted by atomic mass is 9.58. The van der Waals surface area contributed by atoms with Gasteiger partial charge >= 0.3 is 6.09 Å². The minimum absolute atomic E-state index is 0.0162. The van der Waals surface area contributed by atoms with Gasteiger partial charge in [0.15, 0.2) is 0 Å². The van der Waals surface area contributed by atoms with E-state index >= 15 is 0 Å². The number of piperidine rings is 1. The Labute approximate surface area is 209 Å². The highest BCUT2D eigenvalue weighted by Gasteiger charge is 2.51. The molecule has 2 aromatic rings. The van der Waals surface area contributed by atoms with Crippen molar-refractivity contribution in [3.05, 3.63) is 71.8 Å². The summed E-state index contributed by atoms with van der Waals surface area (Å²) in [5.41, 5.74) is 2.31. The number of benzene rings is 2. The van der Waals surface area contributed by atoms with Crippen LogP contribution in [0.4, 0.5) is 4.79 Å². The summed E-state index contributed by atoms with van der Waals surface area (Å²) in [5.74, 6) is 0.646. The van der Waals surface area contributed by atoms with Crippen LogP contribution >= 0.6 is 0 Å². The van der Waals surface area contributed by atoms with Crippen molar-refractivity contribution in [2.24, 2.45) is 11.8 Å². The molecule has 188 valence electrons. The molecule has 1 unspecified atom stereocenters. The van der Waals surface area contributed by atoms with Crippen molar-refractivity contribution >= 4 is 12.0 Å². The van der Waals surface area contributed by atoms with Crippen LogP contribution in [0.5, 0.6) is 0 Å². The summed E-state index contributed by atoms with van der Waals surface area (Å²) in [6, 6.07) is 21.4. The van der Waals surface area contributed by atoms with Gasteiger partial charge in [0.05, 0.1) is 7.11 Å². The van der Waals surface area contributed by atoms with Crippen LogP contribution in [0.25, 0.3) is 0 Å². The van der Waals surface area contributed by atoms with E-state index in [-0.39, 0.29) is 23.3 Å². The smallest absolute Gasteiger partial charge is 0.406 e. The second kappa shape index (κ2) is 11.7. The fourth-order valence-electron chi connectivity index (χ4n) is 6.63. The second-order valence-corrected chi connectivity index (χ2v) is 10.1. The Morgan fingerprint density at radius 1 is 0.971 bits per heavy atom. The molecule has 2 aromatic carbocycles. The normalized spacial score (nSPS) is 22.8. The maximum absolute atomic E-state index is 12.3. The first-order valence-electron chi connectivity index (χ1n) is 12.9. The van der Waals surface area contributed by atoms with Gasteiger partial charge in [-0.05, 0) is 61.7 Å². The van der Waals surface area contributed by atoms with E-state index in [0.29, 0.717) is 12.5 Å². The lowest BCUT2D eigenvalue weighted by Gasteiger charge is -2.50. The lowest BCUT2D eigenvalue weighted by Crippen LogP contribution is -2.57. The standard InChI is InChI=1S/C29H39N3O3/c1-22(33)31-27-15-9-14-26(27)29(21-30-28(34)35-2,24-12-7-4-8-13-24)25-16-18-32(19-17-25)20-23-10-5-3-6-11-23/h3-8,10-13,25-27H,9,14-21H2,1-2H3,(H,30,34)(H,31,33)/t26-,27-,29?/m0/s1. The van der Waals surface area contributed by atoms with E-state index in [1.807, 2.05) is 6.07 Å². The Morgan fingerprint density at radius 2 is 1.63 bits per heavy atom. The molecule has 1 aliphatic carbocycles. The maximum Gasteiger partial charge on any atom is 0.406 e. The van der Waals surface area contributed by atoms with Crippen LogP contribution in [-0.2, 0) is 21.5 Å². The highest BCUT2D eigenvalue weighted by Crippen LogP contribution is 2.50. The van der Waals surface area contributed by atoms with Crippen LogP contribution in [-0.4, -0.2) is 49.7 Å². The Bertz CT molecular complexity index is 960. The highest BCUT2D eigenvalue weighted by molar-refractivity contribution is 5.73. The third-order valence-electron chi connectivity index (χ3n) is 8.15. The van der Waals surface area contributed by atoms with E-state index in [0.717, 1.165) is 51.7 Å². The summed E-state index contributed by atoms with van der Waals surface area (Å²) < 4.78 is 4.98. The number of likely N-dealkylation sites (tertiary alicyclic amines) is 1. The predicted molar refractivity (Wildman–Crippen MR) is 138 cm³/mol.